The van der Waals surface area contributed by atoms with Crippen LogP contribution >= 0.6 is 0 Å². The lowest BCUT2D eigenvalue weighted by molar-refractivity contribution is -0.559. The zero-order valence-electron chi connectivity index (χ0n) is 9.09. The molecule has 1 aliphatic carbocycles. The van der Waals surface area contributed by atoms with Crippen molar-refractivity contribution in [1.82, 2.24) is 0 Å². The Kier molecular flexibility index (Phi) is 2.79. The molecule has 1 aliphatic rings. The quantitative estimate of drug-likeness (QED) is 0.386. The van der Waals surface area contributed by atoms with Gasteiger partial charge >= 0.3 is 0 Å². The first-order valence-corrected chi connectivity index (χ1v) is 4.86. The molecule has 0 N–H and O–H groups in total. The number of nitro groups is 1. The van der Waals surface area contributed by atoms with Gasteiger partial charge in [0.25, 0.3) is 0 Å². The highest BCUT2D eigenvalue weighted by atomic mass is 16.6. The van der Waals surface area contributed by atoms with Gasteiger partial charge < -0.3 is 0 Å². The molecule has 0 heterocycles. The molecule has 0 fully saturated rings. The smallest absolute Gasteiger partial charge is 0.246 e. The van der Waals surface area contributed by atoms with Crippen molar-refractivity contribution in [3.8, 4) is 0 Å². The molecule has 78 valence electrons. The van der Waals surface area contributed by atoms with Crippen molar-refractivity contribution >= 4 is 0 Å². The maximum absolute atomic E-state index is 11.1. The zero-order valence-corrected chi connectivity index (χ0v) is 9.09. The third-order valence-corrected chi connectivity index (χ3v) is 3.34. The van der Waals surface area contributed by atoms with Crippen LogP contribution in [-0.2, 0) is 0 Å². The molecule has 14 heavy (non-hydrogen) atoms. The molecule has 0 radical (unpaired) electrons. The minimum absolute atomic E-state index is 0.161. The third-order valence-electron chi connectivity index (χ3n) is 3.34. The van der Waals surface area contributed by atoms with Gasteiger partial charge in [-0.15, -0.1) is 0 Å². The van der Waals surface area contributed by atoms with Crippen LogP contribution in [0.5, 0.6) is 0 Å². The fourth-order valence-electron chi connectivity index (χ4n) is 1.96. The van der Waals surface area contributed by atoms with Crippen molar-refractivity contribution in [2.45, 2.75) is 45.6 Å². The number of allylic oxidation sites excluding steroid dienone is 1. The van der Waals surface area contributed by atoms with E-state index < -0.39 is 5.54 Å². The van der Waals surface area contributed by atoms with E-state index in [4.69, 9.17) is 0 Å². The largest absolute Gasteiger partial charge is 0.264 e. The summed E-state index contributed by atoms with van der Waals surface area (Å²) in [7, 11) is 0. The van der Waals surface area contributed by atoms with Gasteiger partial charge in [0.05, 0.1) is 0 Å². The van der Waals surface area contributed by atoms with Crippen molar-refractivity contribution in [1.29, 1.82) is 0 Å². The highest BCUT2D eigenvalue weighted by Gasteiger charge is 2.45. The highest BCUT2D eigenvalue weighted by Crippen LogP contribution is 2.38. The lowest BCUT2D eigenvalue weighted by Crippen LogP contribution is -2.41. The van der Waals surface area contributed by atoms with Crippen molar-refractivity contribution in [2.75, 3.05) is 0 Å². The van der Waals surface area contributed by atoms with Gasteiger partial charge in [-0.25, -0.2) is 0 Å². The van der Waals surface area contributed by atoms with Gasteiger partial charge in [0, 0.05) is 17.8 Å². The summed E-state index contributed by atoms with van der Waals surface area (Å²) in [5.74, 6) is 0. The second-order valence-corrected chi connectivity index (χ2v) is 4.31. The Balaban J connectivity index is 3.07. The van der Waals surface area contributed by atoms with E-state index in [2.05, 4.69) is 13.5 Å². The molecule has 1 unspecified atom stereocenters. The molecule has 0 aromatic heterocycles. The molecule has 1 atom stereocenters. The first-order chi connectivity index (χ1) is 6.40. The van der Waals surface area contributed by atoms with Crippen LogP contribution in [0.4, 0.5) is 0 Å². The summed E-state index contributed by atoms with van der Waals surface area (Å²) < 4.78 is 0. The van der Waals surface area contributed by atoms with Crippen molar-refractivity contribution in [3.05, 3.63) is 33.4 Å². The molecule has 0 bridgehead atoms. The van der Waals surface area contributed by atoms with Crippen LogP contribution in [0, 0.1) is 10.1 Å². The predicted molar refractivity (Wildman–Crippen MR) is 56.8 cm³/mol. The predicted octanol–water partition coefficient (Wildman–Crippen LogP) is 3.10. The molecule has 0 spiro atoms. The molecular weight excluding hydrogens is 178 g/mol. The Morgan fingerprint density at radius 2 is 2.07 bits per heavy atom. The van der Waals surface area contributed by atoms with Crippen LogP contribution in [0.3, 0.4) is 0 Å². The summed E-state index contributed by atoms with van der Waals surface area (Å²) in [6.07, 6.45) is 1.94. The van der Waals surface area contributed by atoms with Gasteiger partial charge in [-0.2, -0.15) is 0 Å². The average Bonchev–Trinajstić information content (AvgIpc) is 2.09. The van der Waals surface area contributed by atoms with Crippen LogP contribution in [0.15, 0.2) is 23.3 Å². The number of hydrogen-bond donors (Lipinski definition) is 0. The highest BCUT2D eigenvalue weighted by molar-refractivity contribution is 5.24. The van der Waals surface area contributed by atoms with Crippen molar-refractivity contribution in [2.24, 2.45) is 0 Å². The zero-order chi connectivity index (χ0) is 10.9. The van der Waals surface area contributed by atoms with Crippen LogP contribution in [-0.4, -0.2) is 10.5 Å². The van der Waals surface area contributed by atoms with Crippen LogP contribution in [0.2, 0.25) is 0 Å². The fourth-order valence-corrected chi connectivity index (χ4v) is 1.96. The SMILES string of the molecule is C=C(C)C1([N+](=O)[O-])CCC(C)=C(C)C1. The standard InChI is InChI=1S/C11H17NO2/c1-8(2)11(12(13)14)6-5-9(3)10(4)7-11/h1,5-7H2,2-4H3. The molecule has 0 aromatic carbocycles. The minimum atomic E-state index is -0.899. The van der Waals surface area contributed by atoms with E-state index >= 15 is 0 Å². The average molecular weight is 195 g/mol. The summed E-state index contributed by atoms with van der Waals surface area (Å²) in [5, 5.41) is 11.1. The Morgan fingerprint density at radius 1 is 1.50 bits per heavy atom. The molecule has 0 saturated carbocycles. The fraction of sp³-hybridized carbons (Fsp3) is 0.636. The Bertz CT molecular complexity index is 301. The maximum Gasteiger partial charge on any atom is 0.246 e. The van der Waals surface area contributed by atoms with E-state index in [0.29, 0.717) is 18.4 Å². The molecule has 1 rings (SSSR count). The van der Waals surface area contributed by atoms with Gasteiger partial charge in [0.2, 0.25) is 5.54 Å². The second kappa shape index (κ2) is 3.56. The van der Waals surface area contributed by atoms with Gasteiger partial charge in [0.1, 0.15) is 0 Å². The Labute approximate surface area is 84.7 Å². The third kappa shape index (κ3) is 1.59. The molecular formula is C11H17NO2. The van der Waals surface area contributed by atoms with E-state index in [9.17, 15) is 10.1 Å². The van der Waals surface area contributed by atoms with Gasteiger partial charge in [-0.1, -0.05) is 17.7 Å². The van der Waals surface area contributed by atoms with Crippen LogP contribution in [0.25, 0.3) is 0 Å². The molecule has 0 aliphatic heterocycles. The number of nitrogens with zero attached hydrogens (tertiary/aromatic N) is 1. The Hall–Kier alpha value is -1.12. The monoisotopic (exact) mass is 195 g/mol. The first kappa shape index (κ1) is 11.0. The molecule has 0 saturated heterocycles. The lowest BCUT2D eigenvalue weighted by Gasteiger charge is -2.30. The normalized spacial score (nSPS) is 27.6. The Morgan fingerprint density at radius 3 is 2.43 bits per heavy atom. The van der Waals surface area contributed by atoms with E-state index in [1.165, 1.54) is 5.57 Å². The topological polar surface area (TPSA) is 43.1 Å². The first-order valence-electron chi connectivity index (χ1n) is 4.86. The molecule has 3 heteroatoms. The molecule has 0 aromatic rings. The van der Waals surface area contributed by atoms with E-state index in [1.807, 2.05) is 6.92 Å². The van der Waals surface area contributed by atoms with E-state index in [-0.39, 0.29) is 4.92 Å². The van der Waals surface area contributed by atoms with E-state index in [1.54, 1.807) is 6.92 Å². The summed E-state index contributed by atoms with van der Waals surface area (Å²) in [6, 6.07) is 0. The van der Waals surface area contributed by atoms with E-state index in [0.717, 1.165) is 12.0 Å². The number of rotatable bonds is 2. The summed E-state index contributed by atoms with van der Waals surface area (Å²) in [5.41, 5.74) is 2.22. The second-order valence-electron chi connectivity index (χ2n) is 4.31. The van der Waals surface area contributed by atoms with Crippen LogP contribution < -0.4 is 0 Å². The summed E-state index contributed by atoms with van der Waals surface area (Å²) in [6.45, 7) is 9.56. The number of hydrogen-bond acceptors (Lipinski definition) is 2. The van der Waals surface area contributed by atoms with Crippen molar-refractivity contribution in [3.63, 3.8) is 0 Å². The summed E-state index contributed by atoms with van der Waals surface area (Å²) in [4.78, 5) is 10.9. The van der Waals surface area contributed by atoms with Gasteiger partial charge in [-0.05, 0) is 32.8 Å². The molecule has 3 nitrogen and oxygen atoms in total. The van der Waals surface area contributed by atoms with Gasteiger partial charge in [-0.3, -0.25) is 10.1 Å². The van der Waals surface area contributed by atoms with Crippen molar-refractivity contribution < 1.29 is 4.92 Å². The summed E-state index contributed by atoms with van der Waals surface area (Å²) >= 11 is 0. The minimum Gasteiger partial charge on any atom is -0.264 e. The van der Waals surface area contributed by atoms with Gasteiger partial charge in [0.15, 0.2) is 0 Å². The lowest BCUT2D eigenvalue weighted by atomic mass is 9.75. The van der Waals surface area contributed by atoms with Crippen LogP contribution in [0.1, 0.15) is 40.0 Å². The molecule has 0 amide bonds. The maximum atomic E-state index is 11.1.